The van der Waals surface area contributed by atoms with Crippen molar-refractivity contribution in [2.24, 2.45) is 7.05 Å². The van der Waals surface area contributed by atoms with Gasteiger partial charge in [-0.1, -0.05) is 34.6 Å². The zero-order chi connectivity index (χ0) is 12.3. The van der Waals surface area contributed by atoms with E-state index in [1.165, 1.54) is 30.7 Å². The van der Waals surface area contributed by atoms with Crippen LogP contribution in [0.5, 0.6) is 0 Å². The number of hydrogen-bond acceptors (Lipinski definition) is 0. The average Bonchev–Trinajstić information content (AvgIpc) is 2.69. The normalized spacial score (nSPS) is 14.1. The Morgan fingerprint density at radius 3 is 2.19 bits per heavy atom. The summed E-state index contributed by atoms with van der Waals surface area (Å²) in [4.78, 5) is 0. The molecule has 1 aromatic rings. The third-order valence-electron chi connectivity index (χ3n) is 4.46. The van der Waals surface area contributed by atoms with Crippen LogP contribution < -0.4 is 0 Å². The second-order valence-electron chi connectivity index (χ2n) is 5.28. The largest absolute Gasteiger partial charge is 0.351 e. The fraction of sp³-hybridized carbons (Fsp3) is 0.733. The number of hydrogen-bond donors (Lipinski definition) is 0. The van der Waals surface area contributed by atoms with Gasteiger partial charge < -0.3 is 4.57 Å². The maximum Gasteiger partial charge on any atom is 0.0233 e. The third kappa shape index (κ3) is 2.18. The molecule has 16 heavy (non-hydrogen) atoms. The van der Waals surface area contributed by atoms with Crippen LogP contribution in [-0.4, -0.2) is 4.57 Å². The molecule has 1 heteroatoms. The SMILES string of the molecule is CCC(C)c1ccc(C(C)(CC)CC)n1C. The van der Waals surface area contributed by atoms with E-state index in [0.29, 0.717) is 11.3 Å². The third-order valence-corrected chi connectivity index (χ3v) is 4.46. The Kier molecular flexibility index (Phi) is 4.23. The van der Waals surface area contributed by atoms with Crippen LogP contribution >= 0.6 is 0 Å². The van der Waals surface area contributed by atoms with Gasteiger partial charge in [0.1, 0.15) is 0 Å². The van der Waals surface area contributed by atoms with Gasteiger partial charge >= 0.3 is 0 Å². The lowest BCUT2D eigenvalue weighted by Crippen LogP contribution is -2.23. The van der Waals surface area contributed by atoms with Crippen LogP contribution in [0.1, 0.15) is 71.2 Å². The van der Waals surface area contributed by atoms with Gasteiger partial charge in [0.2, 0.25) is 0 Å². The summed E-state index contributed by atoms with van der Waals surface area (Å²) < 4.78 is 2.42. The van der Waals surface area contributed by atoms with Crippen molar-refractivity contribution in [3.8, 4) is 0 Å². The van der Waals surface area contributed by atoms with Gasteiger partial charge in [-0.2, -0.15) is 0 Å². The molecule has 1 aromatic heterocycles. The zero-order valence-corrected chi connectivity index (χ0v) is 11.8. The highest BCUT2D eigenvalue weighted by atomic mass is 15.0. The molecule has 0 aromatic carbocycles. The molecule has 0 N–H and O–H groups in total. The van der Waals surface area contributed by atoms with E-state index in [4.69, 9.17) is 0 Å². The van der Waals surface area contributed by atoms with Crippen LogP contribution in [0.25, 0.3) is 0 Å². The van der Waals surface area contributed by atoms with Gasteiger partial charge in [-0.05, 0) is 37.3 Å². The molecule has 0 aliphatic heterocycles. The quantitative estimate of drug-likeness (QED) is 0.684. The summed E-state index contributed by atoms with van der Waals surface area (Å²) in [6.07, 6.45) is 3.63. The van der Waals surface area contributed by atoms with Crippen LogP contribution in [0, 0.1) is 0 Å². The fourth-order valence-electron chi connectivity index (χ4n) is 2.45. The van der Waals surface area contributed by atoms with Crippen LogP contribution in [0.3, 0.4) is 0 Å². The molecular weight excluding hydrogens is 194 g/mol. The van der Waals surface area contributed by atoms with Crippen molar-refractivity contribution in [1.82, 2.24) is 4.57 Å². The molecule has 1 nitrogen and oxygen atoms in total. The molecule has 0 saturated heterocycles. The van der Waals surface area contributed by atoms with E-state index in [1.54, 1.807) is 0 Å². The highest BCUT2D eigenvalue weighted by Crippen LogP contribution is 2.33. The summed E-state index contributed by atoms with van der Waals surface area (Å²) in [6.45, 7) is 11.5. The molecule has 1 unspecified atom stereocenters. The van der Waals surface area contributed by atoms with Gasteiger partial charge in [-0.3, -0.25) is 0 Å². The summed E-state index contributed by atoms with van der Waals surface area (Å²) >= 11 is 0. The molecule has 1 atom stereocenters. The van der Waals surface area contributed by atoms with E-state index in [9.17, 15) is 0 Å². The van der Waals surface area contributed by atoms with Gasteiger partial charge in [0.25, 0.3) is 0 Å². The number of rotatable bonds is 5. The van der Waals surface area contributed by atoms with E-state index in [1.807, 2.05) is 0 Å². The summed E-state index contributed by atoms with van der Waals surface area (Å²) in [5.74, 6) is 0.664. The molecule has 0 saturated carbocycles. The van der Waals surface area contributed by atoms with Crippen molar-refractivity contribution in [2.45, 2.75) is 65.2 Å². The maximum atomic E-state index is 2.42. The van der Waals surface area contributed by atoms with Crippen molar-refractivity contribution in [3.63, 3.8) is 0 Å². The highest BCUT2D eigenvalue weighted by Gasteiger charge is 2.26. The fourth-order valence-corrected chi connectivity index (χ4v) is 2.45. The first-order valence-electron chi connectivity index (χ1n) is 6.66. The van der Waals surface area contributed by atoms with E-state index in [0.717, 1.165) is 0 Å². The minimum absolute atomic E-state index is 0.334. The van der Waals surface area contributed by atoms with Crippen molar-refractivity contribution in [2.75, 3.05) is 0 Å². The van der Waals surface area contributed by atoms with Gasteiger partial charge in [-0.25, -0.2) is 0 Å². The lowest BCUT2D eigenvalue weighted by molar-refractivity contribution is 0.409. The molecular formula is C15H27N. The second-order valence-corrected chi connectivity index (χ2v) is 5.28. The summed E-state index contributed by atoms with van der Waals surface area (Å²) in [7, 11) is 2.22. The molecule has 0 aliphatic carbocycles. The smallest absolute Gasteiger partial charge is 0.0233 e. The molecule has 92 valence electrons. The minimum atomic E-state index is 0.334. The topological polar surface area (TPSA) is 4.93 Å². The second kappa shape index (κ2) is 5.07. The van der Waals surface area contributed by atoms with Gasteiger partial charge in [-0.15, -0.1) is 0 Å². The van der Waals surface area contributed by atoms with E-state index < -0.39 is 0 Å². The first-order valence-corrected chi connectivity index (χ1v) is 6.66. The van der Waals surface area contributed by atoms with E-state index in [-0.39, 0.29) is 0 Å². The first kappa shape index (κ1) is 13.3. The monoisotopic (exact) mass is 221 g/mol. The van der Waals surface area contributed by atoms with Gasteiger partial charge in [0.05, 0.1) is 0 Å². The highest BCUT2D eigenvalue weighted by molar-refractivity contribution is 5.25. The summed E-state index contributed by atoms with van der Waals surface area (Å²) in [5, 5.41) is 0. The molecule has 0 radical (unpaired) electrons. The van der Waals surface area contributed by atoms with Gasteiger partial charge in [0.15, 0.2) is 0 Å². The van der Waals surface area contributed by atoms with E-state index >= 15 is 0 Å². The Labute approximate surface area is 101 Å². The Bertz CT molecular complexity index is 331. The van der Waals surface area contributed by atoms with Crippen LogP contribution in [0.4, 0.5) is 0 Å². The predicted octanol–water partition coefficient (Wildman–Crippen LogP) is 4.62. The molecule has 0 aliphatic rings. The molecule has 0 fully saturated rings. The number of aromatic nitrogens is 1. The molecule has 0 amide bonds. The van der Waals surface area contributed by atoms with Crippen LogP contribution in [0.15, 0.2) is 12.1 Å². The lowest BCUT2D eigenvalue weighted by atomic mass is 9.81. The van der Waals surface area contributed by atoms with E-state index in [2.05, 4.69) is 58.4 Å². The minimum Gasteiger partial charge on any atom is -0.351 e. The Balaban J connectivity index is 3.13. The van der Waals surface area contributed by atoms with Crippen LogP contribution in [-0.2, 0) is 12.5 Å². The Morgan fingerprint density at radius 2 is 1.75 bits per heavy atom. The van der Waals surface area contributed by atoms with Crippen LogP contribution in [0.2, 0.25) is 0 Å². The Morgan fingerprint density at radius 1 is 1.19 bits per heavy atom. The molecule has 1 rings (SSSR count). The van der Waals surface area contributed by atoms with Crippen molar-refractivity contribution in [1.29, 1.82) is 0 Å². The summed E-state index contributed by atoms with van der Waals surface area (Å²) in [5.41, 5.74) is 3.30. The first-order chi connectivity index (χ1) is 7.50. The average molecular weight is 221 g/mol. The standard InChI is InChI=1S/C15H27N/c1-7-12(4)13-10-11-14(16(13)6)15(5,8-2)9-3/h10-12H,7-9H2,1-6H3. The Hall–Kier alpha value is -0.720. The van der Waals surface area contributed by atoms with Crippen molar-refractivity contribution >= 4 is 0 Å². The zero-order valence-electron chi connectivity index (χ0n) is 11.8. The molecule has 1 heterocycles. The van der Waals surface area contributed by atoms with Crippen molar-refractivity contribution in [3.05, 3.63) is 23.5 Å². The molecule has 0 spiro atoms. The lowest BCUT2D eigenvalue weighted by Gasteiger charge is -2.28. The predicted molar refractivity (Wildman–Crippen MR) is 72.1 cm³/mol. The molecule has 0 bridgehead atoms. The van der Waals surface area contributed by atoms with Gasteiger partial charge in [0, 0.05) is 23.9 Å². The maximum absolute atomic E-state index is 2.42. The van der Waals surface area contributed by atoms with Crippen molar-refractivity contribution < 1.29 is 0 Å². The summed E-state index contributed by atoms with van der Waals surface area (Å²) in [6, 6.07) is 4.64. The number of nitrogens with zero attached hydrogens (tertiary/aromatic N) is 1.